The molecule has 1 aromatic carbocycles. The molecule has 0 aliphatic rings. The molecule has 0 aliphatic heterocycles. The predicted octanol–water partition coefficient (Wildman–Crippen LogP) is 3.35. The standard InChI is InChI=1S/C15H12N2O2S2/c1-9-10-5-2-3-6-11(10)21-13(9)15(19)17-16-14(18)12-7-4-8-20-12/h2-8H,1H3,(H,16,18)(H,17,19). The van der Waals surface area contributed by atoms with Crippen LogP contribution in [0.25, 0.3) is 10.1 Å². The van der Waals surface area contributed by atoms with Crippen molar-refractivity contribution < 1.29 is 9.59 Å². The van der Waals surface area contributed by atoms with E-state index in [1.807, 2.05) is 36.6 Å². The van der Waals surface area contributed by atoms with Crippen LogP contribution in [-0.2, 0) is 0 Å². The Morgan fingerprint density at radius 1 is 1.00 bits per heavy atom. The lowest BCUT2D eigenvalue weighted by Crippen LogP contribution is -2.41. The van der Waals surface area contributed by atoms with Gasteiger partial charge in [-0.15, -0.1) is 22.7 Å². The van der Waals surface area contributed by atoms with E-state index in [1.54, 1.807) is 12.1 Å². The van der Waals surface area contributed by atoms with Gasteiger partial charge in [0.2, 0.25) is 0 Å². The summed E-state index contributed by atoms with van der Waals surface area (Å²) in [5.74, 6) is -0.601. The lowest BCUT2D eigenvalue weighted by molar-refractivity contribution is 0.0851. The number of benzene rings is 1. The molecular weight excluding hydrogens is 304 g/mol. The number of amides is 2. The van der Waals surface area contributed by atoms with E-state index < -0.39 is 0 Å². The van der Waals surface area contributed by atoms with E-state index in [-0.39, 0.29) is 11.8 Å². The summed E-state index contributed by atoms with van der Waals surface area (Å²) in [4.78, 5) is 25.2. The first-order valence-electron chi connectivity index (χ1n) is 6.29. The van der Waals surface area contributed by atoms with Crippen molar-refractivity contribution in [1.82, 2.24) is 10.9 Å². The third-order valence-electron chi connectivity index (χ3n) is 3.08. The molecule has 0 radical (unpaired) electrons. The van der Waals surface area contributed by atoms with Gasteiger partial charge in [0, 0.05) is 4.70 Å². The molecular formula is C15H12N2O2S2. The number of aryl methyl sites for hydroxylation is 1. The molecule has 2 N–H and O–H groups in total. The fraction of sp³-hybridized carbons (Fsp3) is 0.0667. The summed E-state index contributed by atoms with van der Waals surface area (Å²) in [6, 6.07) is 11.4. The van der Waals surface area contributed by atoms with E-state index in [2.05, 4.69) is 10.9 Å². The smallest absolute Gasteiger partial charge is 0.266 e. The van der Waals surface area contributed by atoms with Crippen LogP contribution in [0.1, 0.15) is 24.9 Å². The molecule has 0 spiro atoms. The van der Waals surface area contributed by atoms with Crippen molar-refractivity contribution in [3.8, 4) is 0 Å². The first kappa shape index (κ1) is 13.8. The molecule has 0 fully saturated rings. The molecule has 4 nitrogen and oxygen atoms in total. The number of thiophene rings is 2. The van der Waals surface area contributed by atoms with Gasteiger partial charge in [-0.2, -0.15) is 0 Å². The first-order valence-corrected chi connectivity index (χ1v) is 7.99. The first-order chi connectivity index (χ1) is 10.2. The Morgan fingerprint density at radius 2 is 1.76 bits per heavy atom. The van der Waals surface area contributed by atoms with Crippen molar-refractivity contribution in [1.29, 1.82) is 0 Å². The Labute approximate surface area is 129 Å². The second-order valence-electron chi connectivity index (χ2n) is 4.44. The second-order valence-corrected chi connectivity index (χ2v) is 6.44. The number of fused-ring (bicyclic) bond motifs is 1. The number of rotatable bonds is 2. The third-order valence-corrected chi connectivity index (χ3v) is 5.22. The zero-order chi connectivity index (χ0) is 14.8. The Hall–Kier alpha value is -2.18. The SMILES string of the molecule is Cc1c(C(=O)NNC(=O)c2cccs2)sc2ccccc12. The molecule has 3 aromatic rings. The Morgan fingerprint density at radius 3 is 2.48 bits per heavy atom. The van der Waals surface area contributed by atoms with Gasteiger partial charge in [-0.25, -0.2) is 0 Å². The van der Waals surface area contributed by atoms with Crippen LogP contribution < -0.4 is 10.9 Å². The van der Waals surface area contributed by atoms with Gasteiger partial charge in [-0.05, 0) is 35.4 Å². The van der Waals surface area contributed by atoms with E-state index in [4.69, 9.17) is 0 Å². The molecule has 3 rings (SSSR count). The lowest BCUT2D eigenvalue weighted by Gasteiger charge is -2.05. The summed E-state index contributed by atoms with van der Waals surface area (Å²) in [6.07, 6.45) is 0. The zero-order valence-electron chi connectivity index (χ0n) is 11.2. The molecule has 0 bridgehead atoms. The maximum absolute atomic E-state index is 12.2. The molecule has 0 atom stereocenters. The van der Waals surface area contributed by atoms with Crippen molar-refractivity contribution in [2.45, 2.75) is 6.92 Å². The van der Waals surface area contributed by atoms with Gasteiger partial charge in [-0.3, -0.25) is 20.4 Å². The minimum Gasteiger partial charge on any atom is -0.266 e. The molecule has 2 heterocycles. The van der Waals surface area contributed by atoms with Crippen molar-refractivity contribution in [2.75, 3.05) is 0 Å². The number of hydrazine groups is 1. The Balaban J connectivity index is 1.75. The van der Waals surface area contributed by atoms with Gasteiger partial charge in [0.15, 0.2) is 0 Å². The number of carbonyl (C=O) groups is 2. The van der Waals surface area contributed by atoms with Crippen molar-refractivity contribution in [3.05, 3.63) is 57.1 Å². The van der Waals surface area contributed by atoms with Crippen LogP contribution in [0, 0.1) is 6.92 Å². The summed E-state index contributed by atoms with van der Waals surface area (Å²) < 4.78 is 1.06. The van der Waals surface area contributed by atoms with Crippen molar-refractivity contribution >= 4 is 44.6 Å². The molecule has 2 amide bonds. The number of hydrogen-bond acceptors (Lipinski definition) is 4. The molecule has 0 saturated heterocycles. The highest BCUT2D eigenvalue weighted by molar-refractivity contribution is 7.21. The highest BCUT2D eigenvalue weighted by Gasteiger charge is 2.16. The minimum atomic E-state index is -0.308. The van der Waals surface area contributed by atoms with E-state index in [0.29, 0.717) is 9.75 Å². The van der Waals surface area contributed by atoms with E-state index in [9.17, 15) is 9.59 Å². The molecule has 0 aliphatic carbocycles. The Kier molecular flexibility index (Phi) is 3.72. The van der Waals surface area contributed by atoms with Gasteiger partial charge >= 0.3 is 0 Å². The molecule has 2 aromatic heterocycles. The van der Waals surface area contributed by atoms with Gasteiger partial charge in [0.25, 0.3) is 11.8 Å². The fourth-order valence-electron chi connectivity index (χ4n) is 2.03. The van der Waals surface area contributed by atoms with E-state index in [1.165, 1.54) is 22.7 Å². The molecule has 0 saturated carbocycles. The lowest BCUT2D eigenvalue weighted by atomic mass is 10.1. The van der Waals surface area contributed by atoms with Crippen LogP contribution in [0.2, 0.25) is 0 Å². The largest absolute Gasteiger partial charge is 0.280 e. The normalized spacial score (nSPS) is 10.5. The topological polar surface area (TPSA) is 58.2 Å². The molecule has 6 heteroatoms. The van der Waals surface area contributed by atoms with Gasteiger partial charge < -0.3 is 0 Å². The van der Waals surface area contributed by atoms with Gasteiger partial charge in [0.05, 0.1) is 9.75 Å². The van der Waals surface area contributed by atoms with Crippen LogP contribution >= 0.6 is 22.7 Å². The number of nitrogens with one attached hydrogen (secondary N) is 2. The summed E-state index contributed by atoms with van der Waals surface area (Å²) in [7, 11) is 0. The quantitative estimate of drug-likeness (QED) is 0.712. The highest BCUT2D eigenvalue weighted by atomic mass is 32.1. The summed E-state index contributed by atoms with van der Waals surface area (Å²) >= 11 is 2.75. The van der Waals surface area contributed by atoms with Crippen LogP contribution in [0.4, 0.5) is 0 Å². The molecule has 21 heavy (non-hydrogen) atoms. The second kappa shape index (κ2) is 5.67. The van der Waals surface area contributed by atoms with Crippen molar-refractivity contribution in [2.24, 2.45) is 0 Å². The average molecular weight is 316 g/mol. The highest BCUT2D eigenvalue weighted by Crippen LogP contribution is 2.30. The fourth-order valence-corrected chi connectivity index (χ4v) is 3.75. The van der Waals surface area contributed by atoms with Crippen LogP contribution in [-0.4, -0.2) is 11.8 Å². The average Bonchev–Trinajstić information content (AvgIpc) is 3.13. The van der Waals surface area contributed by atoms with Crippen LogP contribution in [0.3, 0.4) is 0 Å². The zero-order valence-corrected chi connectivity index (χ0v) is 12.8. The Bertz CT molecular complexity index is 806. The molecule has 106 valence electrons. The monoisotopic (exact) mass is 316 g/mol. The van der Waals surface area contributed by atoms with Gasteiger partial charge in [0.1, 0.15) is 0 Å². The summed E-state index contributed by atoms with van der Waals surface area (Å²) in [5, 5.41) is 2.88. The van der Waals surface area contributed by atoms with Gasteiger partial charge in [-0.1, -0.05) is 24.3 Å². The van der Waals surface area contributed by atoms with E-state index in [0.717, 1.165) is 15.6 Å². The predicted molar refractivity (Wildman–Crippen MR) is 85.8 cm³/mol. The third kappa shape index (κ3) is 2.68. The number of hydrogen-bond donors (Lipinski definition) is 2. The maximum Gasteiger partial charge on any atom is 0.280 e. The van der Waals surface area contributed by atoms with Crippen LogP contribution in [0.5, 0.6) is 0 Å². The summed E-state index contributed by atoms with van der Waals surface area (Å²) in [5.41, 5.74) is 5.83. The minimum absolute atomic E-state index is 0.293. The van der Waals surface area contributed by atoms with Crippen LogP contribution in [0.15, 0.2) is 41.8 Å². The molecule has 0 unspecified atom stereocenters. The summed E-state index contributed by atoms with van der Waals surface area (Å²) in [6.45, 7) is 1.91. The maximum atomic E-state index is 12.2. The van der Waals surface area contributed by atoms with Crippen molar-refractivity contribution in [3.63, 3.8) is 0 Å². The number of carbonyl (C=O) groups excluding carboxylic acids is 2. The van der Waals surface area contributed by atoms with E-state index >= 15 is 0 Å².